The van der Waals surface area contributed by atoms with Crippen LogP contribution in [-0.2, 0) is 16.0 Å². The number of fused-ring (bicyclic) bond motifs is 1. The second-order valence-electron chi connectivity index (χ2n) is 8.02. The number of carbonyl (C=O) groups is 2. The molecule has 5 nitrogen and oxygen atoms in total. The number of rotatable bonds is 5. The third kappa shape index (κ3) is 4.08. The lowest BCUT2D eigenvalue weighted by molar-refractivity contribution is -0.115. The number of methoxy groups -OCH3 is 1. The van der Waals surface area contributed by atoms with Crippen LogP contribution in [0.25, 0.3) is 11.1 Å². The van der Waals surface area contributed by atoms with Crippen LogP contribution >= 0.6 is 11.3 Å². The van der Waals surface area contributed by atoms with Crippen molar-refractivity contribution in [3.63, 3.8) is 0 Å². The standard InChI is InChI=1S/C25H26N2O3S/c1-15-9-10-16(2)19(11-15)20-14-31-24(23(20)25(29)30-4)26-22(28)13-27-17(3)12-18-7-5-6-8-21(18)27/h5-11,14,17H,12-13H2,1-4H3,(H,26,28). The summed E-state index contributed by atoms with van der Waals surface area (Å²) < 4.78 is 5.05. The van der Waals surface area contributed by atoms with Gasteiger partial charge in [-0.3, -0.25) is 4.79 Å². The lowest BCUT2D eigenvalue weighted by Crippen LogP contribution is -2.37. The number of thiophene rings is 1. The van der Waals surface area contributed by atoms with Crippen LogP contribution in [0.15, 0.2) is 47.8 Å². The summed E-state index contributed by atoms with van der Waals surface area (Å²) in [5.74, 6) is -0.601. The molecule has 0 fully saturated rings. The number of benzene rings is 2. The number of ether oxygens (including phenoxy) is 1. The highest BCUT2D eigenvalue weighted by Gasteiger charge is 2.28. The Bertz CT molecular complexity index is 1150. The van der Waals surface area contributed by atoms with Crippen LogP contribution < -0.4 is 10.2 Å². The normalized spacial score (nSPS) is 15.0. The van der Waals surface area contributed by atoms with Crippen molar-refractivity contribution in [1.82, 2.24) is 0 Å². The molecule has 1 aromatic heterocycles. The molecule has 3 aromatic rings. The molecule has 0 saturated heterocycles. The van der Waals surface area contributed by atoms with E-state index in [1.165, 1.54) is 24.0 Å². The summed E-state index contributed by atoms with van der Waals surface area (Å²) in [4.78, 5) is 27.7. The number of hydrogen-bond donors (Lipinski definition) is 1. The maximum atomic E-state index is 13.0. The smallest absolute Gasteiger partial charge is 0.341 e. The highest BCUT2D eigenvalue weighted by Crippen LogP contribution is 2.38. The van der Waals surface area contributed by atoms with E-state index in [4.69, 9.17) is 4.74 Å². The lowest BCUT2D eigenvalue weighted by atomic mass is 9.97. The summed E-state index contributed by atoms with van der Waals surface area (Å²) in [6.45, 7) is 6.38. The molecule has 1 amide bonds. The molecule has 6 heteroatoms. The maximum Gasteiger partial charge on any atom is 0.341 e. The molecular weight excluding hydrogens is 408 g/mol. The van der Waals surface area contributed by atoms with E-state index in [2.05, 4.69) is 35.3 Å². The Morgan fingerprint density at radius 1 is 1.16 bits per heavy atom. The first kappa shape index (κ1) is 21.1. The first-order valence-electron chi connectivity index (χ1n) is 10.3. The van der Waals surface area contributed by atoms with Gasteiger partial charge in [-0.15, -0.1) is 11.3 Å². The van der Waals surface area contributed by atoms with E-state index in [-0.39, 0.29) is 18.5 Å². The molecule has 0 saturated carbocycles. The fraction of sp³-hybridized carbons (Fsp3) is 0.280. The van der Waals surface area contributed by atoms with Crippen LogP contribution in [0.3, 0.4) is 0 Å². The van der Waals surface area contributed by atoms with E-state index >= 15 is 0 Å². The van der Waals surface area contributed by atoms with Gasteiger partial charge in [0.15, 0.2) is 0 Å². The molecule has 0 aliphatic carbocycles. The van der Waals surface area contributed by atoms with Crippen LogP contribution in [0.4, 0.5) is 10.7 Å². The van der Waals surface area contributed by atoms with Crippen molar-refractivity contribution in [2.24, 2.45) is 0 Å². The fourth-order valence-electron chi connectivity index (χ4n) is 4.17. The summed E-state index contributed by atoms with van der Waals surface area (Å²) in [7, 11) is 1.36. The van der Waals surface area contributed by atoms with Crippen molar-refractivity contribution < 1.29 is 14.3 Å². The molecule has 1 atom stereocenters. The molecule has 160 valence electrons. The van der Waals surface area contributed by atoms with Crippen molar-refractivity contribution in [3.05, 3.63) is 70.1 Å². The maximum absolute atomic E-state index is 13.0. The Labute approximate surface area is 186 Å². The largest absolute Gasteiger partial charge is 0.465 e. The van der Waals surface area contributed by atoms with Gasteiger partial charge in [0.25, 0.3) is 0 Å². The molecule has 0 spiro atoms. The SMILES string of the molecule is COC(=O)c1c(-c2cc(C)ccc2C)csc1NC(=O)CN1c2ccccc2CC1C. The van der Waals surface area contributed by atoms with Crippen LogP contribution in [-0.4, -0.2) is 31.6 Å². The third-order valence-corrected chi connectivity index (χ3v) is 6.67. The molecule has 1 aliphatic heterocycles. The second kappa shape index (κ2) is 8.55. The van der Waals surface area contributed by atoms with E-state index in [9.17, 15) is 9.59 Å². The Hall–Kier alpha value is -3.12. The minimum atomic E-state index is -0.452. The van der Waals surface area contributed by atoms with Gasteiger partial charge in [-0.25, -0.2) is 4.79 Å². The molecule has 1 N–H and O–H groups in total. The van der Waals surface area contributed by atoms with E-state index in [0.717, 1.165) is 34.4 Å². The zero-order valence-corrected chi connectivity index (χ0v) is 19.0. The number of aryl methyl sites for hydroxylation is 2. The number of amides is 1. The highest BCUT2D eigenvalue weighted by atomic mass is 32.1. The highest BCUT2D eigenvalue weighted by molar-refractivity contribution is 7.15. The topological polar surface area (TPSA) is 58.6 Å². The predicted octanol–water partition coefficient (Wildman–Crippen LogP) is 5.21. The summed E-state index contributed by atoms with van der Waals surface area (Å²) in [5.41, 5.74) is 6.69. The summed E-state index contributed by atoms with van der Waals surface area (Å²) in [6, 6.07) is 14.6. The van der Waals surface area contributed by atoms with Gasteiger partial charge in [-0.05, 0) is 49.9 Å². The van der Waals surface area contributed by atoms with Gasteiger partial charge in [0, 0.05) is 22.7 Å². The van der Waals surface area contributed by atoms with Crippen molar-refractivity contribution in [2.75, 3.05) is 23.9 Å². The van der Waals surface area contributed by atoms with Gasteiger partial charge < -0.3 is 15.0 Å². The number of esters is 1. The average molecular weight is 435 g/mol. The summed E-state index contributed by atoms with van der Waals surface area (Å²) in [6.07, 6.45) is 0.923. The second-order valence-corrected chi connectivity index (χ2v) is 8.90. The molecule has 1 aliphatic rings. The van der Waals surface area contributed by atoms with Crippen LogP contribution in [0.1, 0.15) is 34.0 Å². The van der Waals surface area contributed by atoms with Crippen LogP contribution in [0, 0.1) is 13.8 Å². The fourth-order valence-corrected chi connectivity index (χ4v) is 5.13. The van der Waals surface area contributed by atoms with E-state index in [1.54, 1.807) is 0 Å². The van der Waals surface area contributed by atoms with Crippen molar-refractivity contribution in [2.45, 2.75) is 33.2 Å². The predicted molar refractivity (Wildman–Crippen MR) is 126 cm³/mol. The van der Waals surface area contributed by atoms with Gasteiger partial charge in [0.1, 0.15) is 10.6 Å². The molecule has 0 radical (unpaired) electrons. The van der Waals surface area contributed by atoms with Crippen molar-refractivity contribution >= 4 is 33.9 Å². The zero-order valence-electron chi connectivity index (χ0n) is 18.2. The number of para-hydroxylation sites is 1. The quantitative estimate of drug-likeness (QED) is 0.560. The molecule has 2 heterocycles. The Morgan fingerprint density at radius 3 is 2.71 bits per heavy atom. The first-order chi connectivity index (χ1) is 14.9. The average Bonchev–Trinajstić information content (AvgIpc) is 3.30. The molecule has 2 aromatic carbocycles. The van der Waals surface area contributed by atoms with E-state index < -0.39 is 5.97 Å². The minimum absolute atomic E-state index is 0.150. The molecule has 31 heavy (non-hydrogen) atoms. The van der Waals surface area contributed by atoms with Gasteiger partial charge in [0.2, 0.25) is 5.91 Å². The van der Waals surface area contributed by atoms with E-state index in [0.29, 0.717) is 10.6 Å². The van der Waals surface area contributed by atoms with Crippen molar-refractivity contribution in [3.8, 4) is 11.1 Å². The number of nitrogens with one attached hydrogen (secondary N) is 1. The Kier molecular flexibility index (Phi) is 5.83. The van der Waals surface area contributed by atoms with Gasteiger partial charge in [-0.2, -0.15) is 0 Å². The summed E-state index contributed by atoms with van der Waals surface area (Å²) >= 11 is 1.35. The summed E-state index contributed by atoms with van der Waals surface area (Å²) in [5, 5.41) is 5.40. The van der Waals surface area contributed by atoms with E-state index in [1.807, 2.05) is 43.5 Å². The Morgan fingerprint density at radius 2 is 1.94 bits per heavy atom. The number of nitrogens with zero attached hydrogens (tertiary/aromatic N) is 1. The number of hydrogen-bond acceptors (Lipinski definition) is 5. The van der Waals surface area contributed by atoms with Gasteiger partial charge in [-0.1, -0.05) is 42.0 Å². The number of anilines is 2. The molecule has 4 rings (SSSR count). The lowest BCUT2D eigenvalue weighted by Gasteiger charge is -2.24. The minimum Gasteiger partial charge on any atom is -0.465 e. The third-order valence-electron chi connectivity index (χ3n) is 5.78. The zero-order chi connectivity index (χ0) is 22.1. The molecule has 0 bridgehead atoms. The van der Waals surface area contributed by atoms with Crippen LogP contribution in [0.5, 0.6) is 0 Å². The number of carbonyl (C=O) groups excluding carboxylic acids is 2. The van der Waals surface area contributed by atoms with Gasteiger partial charge >= 0.3 is 5.97 Å². The molecule has 1 unspecified atom stereocenters. The van der Waals surface area contributed by atoms with Gasteiger partial charge in [0.05, 0.1) is 13.7 Å². The molecular formula is C25H26N2O3S. The van der Waals surface area contributed by atoms with Crippen LogP contribution in [0.2, 0.25) is 0 Å². The van der Waals surface area contributed by atoms with Crippen molar-refractivity contribution in [1.29, 1.82) is 0 Å². The monoisotopic (exact) mass is 434 g/mol. The Balaban J connectivity index is 1.62. The first-order valence-corrected chi connectivity index (χ1v) is 11.2.